The van der Waals surface area contributed by atoms with Crippen molar-refractivity contribution in [1.82, 2.24) is 0 Å². The molecule has 21 heavy (non-hydrogen) atoms. The molecule has 1 heterocycles. The molecule has 1 aliphatic heterocycles. The normalized spacial score (nSPS) is 17.7. The minimum Gasteiger partial charge on any atom is -0.507 e. The van der Waals surface area contributed by atoms with Crippen molar-refractivity contribution in [1.29, 1.82) is 0 Å². The lowest BCUT2D eigenvalue weighted by Crippen LogP contribution is -2.33. The van der Waals surface area contributed by atoms with Crippen LogP contribution in [0.3, 0.4) is 0 Å². The van der Waals surface area contributed by atoms with Crippen LogP contribution in [0.2, 0.25) is 0 Å². The molecular formula is C19H23NO. The first kappa shape index (κ1) is 14.0. The standard InChI is InChI=1S/C19H23NO/c1-13-8-17-6-4-5-7-18(17)20(11-13)12-16-9-14(2)19(21)15(3)10-16/h4-7,9-10,13,21H,8,11-12H2,1-3H3. The number of anilines is 1. The molecule has 0 aromatic heterocycles. The van der Waals surface area contributed by atoms with Crippen molar-refractivity contribution < 1.29 is 5.11 Å². The van der Waals surface area contributed by atoms with Gasteiger partial charge in [0.1, 0.15) is 5.75 Å². The highest BCUT2D eigenvalue weighted by Crippen LogP contribution is 2.31. The second-order valence-corrected chi connectivity index (χ2v) is 6.40. The first-order valence-electron chi connectivity index (χ1n) is 7.66. The fraction of sp³-hybridized carbons (Fsp3) is 0.368. The molecule has 0 saturated carbocycles. The Morgan fingerprint density at radius 3 is 2.52 bits per heavy atom. The zero-order valence-electron chi connectivity index (χ0n) is 13.1. The van der Waals surface area contributed by atoms with Crippen LogP contribution in [-0.2, 0) is 13.0 Å². The molecule has 0 amide bonds. The molecule has 1 atom stereocenters. The number of para-hydroxylation sites is 1. The number of aromatic hydroxyl groups is 1. The van der Waals surface area contributed by atoms with E-state index in [4.69, 9.17) is 0 Å². The summed E-state index contributed by atoms with van der Waals surface area (Å²) in [6.45, 7) is 8.26. The van der Waals surface area contributed by atoms with Crippen LogP contribution < -0.4 is 4.90 Å². The van der Waals surface area contributed by atoms with E-state index in [0.29, 0.717) is 11.7 Å². The fourth-order valence-corrected chi connectivity index (χ4v) is 3.41. The lowest BCUT2D eigenvalue weighted by molar-refractivity contribution is 0.466. The smallest absolute Gasteiger partial charge is 0.121 e. The second-order valence-electron chi connectivity index (χ2n) is 6.40. The van der Waals surface area contributed by atoms with Crippen molar-refractivity contribution in [2.45, 2.75) is 33.7 Å². The highest BCUT2D eigenvalue weighted by atomic mass is 16.3. The zero-order chi connectivity index (χ0) is 15.0. The highest BCUT2D eigenvalue weighted by molar-refractivity contribution is 5.56. The number of rotatable bonds is 2. The maximum Gasteiger partial charge on any atom is 0.121 e. The van der Waals surface area contributed by atoms with E-state index in [9.17, 15) is 5.11 Å². The molecule has 0 fully saturated rings. The van der Waals surface area contributed by atoms with Gasteiger partial charge in [0.05, 0.1) is 0 Å². The van der Waals surface area contributed by atoms with Gasteiger partial charge in [-0.25, -0.2) is 0 Å². The molecular weight excluding hydrogens is 258 g/mol. The quantitative estimate of drug-likeness (QED) is 0.891. The fourth-order valence-electron chi connectivity index (χ4n) is 3.41. The van der Waals surface area contributed by atoms with Crippen LogP contribution in [0.25, 0.3) is 0 Å². The van der Waals surface area contributed by atoms with Crippen LogP contribution in [0.5, 0.6) is 5.75 Å². The molecule has 0 saturated heterocycles. The average molecular weight is 281 g/mol. The number of hydrogen-bond acceptors (Lipinski definition) is 2. The predicted octanol–water partition coefficient (Wildman–Crippen LogP) is 4.21. The van der Waals surface area contributed by atoms with Gasteiger partial charge in [-0.1, -0.05) is 37.3 Å². The van der Waals surface area contributed by atoms with Gasteiger partial charge in [0.25, 0.3) is 0 Å². The molecule has 1 unspecified atom stereocenters. The molecule has 0 radical (unpaired) electrons. The maximum absolute atomic E-state index is 9.92. The maximum atomic E-state index is 9.92. The monoisotopic (exact) mass is 281 g/mol. The van der Waals surface area contributed by atoms with Crippen molar-refractivity contribution in [2.24, 2.45) is 5.92 Å². The Morgan fingerprint density at radius 2 is 1.81 bits per heavy atom. The minimum atomic E-state index is 0.422. The summed E-state index contributed by atoms with van der Waals surface area (Å²) in [5.74, 6) is 1.10. The first-order valence-corrected chi connectivity index (χ1v) is 7.66. The third-order valence-electron chi connectivity index (χ3n) is 4.36. The largest absolute Gasteiger partial charge is 0.507 e. The number of phenols is 1. The van der Waals surface area contributed by atoms with Crippen molar-refractivity contribution in [3.8, 4) is 5.75 Å². The van der Waals surface area contributed by atoms with Gasteiger partial charge in [-0.15, -0.1) is 0 Å². The van der Waals surface area contributed by atoms with Crippen LogP contribution in [0, 0.1) is 19.8 Å². The van der Waals surface area contributed by atoms with Gasteiger partial charge < -0.3 is 10.0 Å². The highest BCUT2D eigenvalue weighted by Gasteiger charge is 2.21. The molecule has 2 aromatic carbocycles. The van der Waals surface area contributed by atoms with E-state index in [1.54, 1.807) is 0 Å². The van der Waals surface area contributed by atoms with Gasteiger partial charge in [-0.3, -0.25) is 0 Å². The van der Waals surface area contributed by atoms with Gasteiger partial charge in [0.15, 0.2) is 0 Å². The average Bonchev–Trinajstić information content (AvgIpc) is 2.44. The summed E-state index contributed by atoms with van der Waals surface area (Å²) in [4.78, 5) is 2.47. The first-order chi connectivity index (χ1) is 10.0. The Bertz CT molecular complexity index is 639. The molecule has 110 valence electrons. The third-order valence-corrected chi connectivity index (χ3v) is 4.36. The van der Waals surface area contributed by atoms with Gasteiger partial charge in [-0.2, -0.15) is 0 Å². The lowest BCUT2D eigenvalue weighted by Gasteiger charge is -2.35. The SMILES string of the molecule is Cc1cc(CN2CC(C)Cc3ccccc32)cc(C)c1O. The number of phenolic OH excluding ortho intramolecular Hbond substituents is 1. The molecule has 2 heteroatoms. The summed E-state index contributed by atoms with van der Waals surface area (Å²) in [7, 11) is 0. The van der Waals surface area contributed by atoms with E-state index in [2.05, 4.69) is 48.2 Å². The molecule has 1 aliphatic rings. The molecule has 1 N–H and O–H groups in total. The van der Waals surface area contributed by atoms with Gasteiger partial charge in [-0.05, 0) is 54.5 Å². The summed E-state index contributed by atoms with van der Waals surface area (Å²) in [5, 5.41) is 9.92. The van der Waals surface area contributed by atoms with E-state index in [1.807, 2.05) is 13.8 Å². The van der Waals surface area contributed by atoms with Crippen LogP contribution in [0.4, 0.5) is 5.69 Å². The number of fused-ring (bicyclic) bond motifs is 1. The van der Waals surface area contributed by atoms with Gasteiger partial charge in [0.2, 0.25) is 0 Å². The molecule has 2 aromatic rings. The van der Waals surface area contributed by atoms with Crippen molar-refractivity contribution >= 4 is 5.69 Å². The van der Waals surface area contributed by atoms with E-state index < -0.39 is 0 Å². The van der Waals surface area contributed by atoms with Crippen molar-refractivity contribution in [3.63, 3.8) is 0 Å². The second kappa shape index (κ2) is 5.44. The van der Waals surface area contributed by atoms with Crippen LogP contribution in [-0.4, -0.2) is 11.7 Å². The van der Waals surface area contributed by atoms with E-state index in [1.165, 1.54) is 23.2 Å². The Morgan fingerprint density at radius 1 is 1.14 bits per heavy atom. The third kappa shape index (κ3) is 2.76. The minimum absolute atomic E-state index is 0.422. The Labute approximate surface area is 127 Å². The van der Waals surface area contributed by atoms with E-state index >= 15 is 0 Å². The van der Waals surface area contributed by atoms with Crippen LogP contribution in [0.1, 0.15) is 29.2 Å². The lowest BCUT2D eigenvalue weighted by atomic mass is 9.93. The Balaban J connectivity index is 1.92. The summed E-state index contributed by atoms with van der Waals surface area (Å²) >= 11 is 0. The van der Waals surface area contributed by atoms with E-state index in [-0.39, 0.29) is 0 Å². The Hall–Kier alpha value is -1.96. The van der Waals surface area contributed by atoms with Crippen LogP contribution >= 0.6 is 0 Å². The summed E-state index contributed by atoms with van der Waals surface area (Å²) in [6, 6.07) is 12.9. The van der Waals surface area contributed by atoms with Crippen LogP contribution in [0.15, 0.2) is 36.4 Å². The molecule has 3 rings (SSSR count). The number of hydrogen-bond donors (Lipinski definition) is 1. The van der Waals surface area contributed by atoms with Gasteiger partial charge in [0, 0.05) is 18.8 Å². The number of benzene rings is 2. The topological polar surface area (TPSA) is 23.5 Å². The predicted molar refractivity (Wildman–Crippen MR) is 87.9 cm³/mol. The summed E-state index contributed by atoms with van der Waals surface area (Å²) < 4.78 is 0. The summed E-state index contributed by atoms with van der Waals surface area (Å²) in [6.07, 6.45) is 1.17. The summed E-state index contributed by atoms with van der Waals surface area (Å²) in [5.41, 5.74) is 6.00. The molecule has 0 bridgehead atoms. The van der Waals surface area contributed by atoms with Crippen molar-refractivity contribution in [3.05, 3.63) is 58.7 Å². The van der Waals surface area contributed by atoms with Gasteiger partial charge >= 0.3 is 0 Å². The van der Waals surface area contributed by atoms with E-state index in [0.717, 1.165) is 24.2 Å². The molecule has 2 nitrogen and oxygen atoms in total. The zero-order valence-corrected chi connectivity index (χ0v) is 13.1. The number of aryl methyl sites for hydroxylation is 2. The number of nitrogens with zero attached hydrogens (tertiary/aromatic N) is 1. The molecule has 0 spiro atoms. The molecule has 0 aliphatic carbocycles. The Kier molecular flexibility index (Phi) is 3.62. The van der Waals surface area contributed by atoms with Crippen molar-refractivity contribution in [2.75, 3.05) is 11.4 Å².